The van der Waals surface area contributed by atoms with E-state index in [0.29, 0.717) is 18.2 Å². The Bertz CT molecular complexity index is 582. The number of likely N-dealkylation sites (tertiary alicyclic amines) is 1. The number of piperidine rings is 1. The third-order valence-electron chi connectivity index (χ3n) is 4.77. The number of rotatable bonds is 5. The maximum absolute atomic E-state index is 12.3. The molecule has 0 saturated carbocycles. The van der Waals surface area contributed by atoms with E-state index in [0.717, 1.165) is 30.8 Å². The van der Waals surface area contributed by atoms with Gasteiger partial charge in [0.1, 0.15) is 12.4 Å². The molecule has 2 aliphatic heterocycles. The number of nitrogens with one attached hydrogen (secondary N) is 1. The van der Waals surface area contributed by atoms with E-state index < -0.39 is 0 Å². The van der Waals surface area contributed by atoms with Crippen LogP contribution in [0.1, 0.15) is 38.2 Å². The van der Waals surface area contributed by atoms with Crippen molar-refractivity contribution >= 4 is 12.0 Å². The molecule has 0 radical (unpaired) electrons. The van der Waals surface area contributed by atoms with Crippen LogP contribution in [0.3, 0.4) is 0 Å². The molecule has 2 aliphatic rings. The largest absolute Gasteiger partial charge is 0.488 e. The van der Waals surface area contributed by atoms with Gasteiger partial charge in [-0.2, -0.15) is 0 Å². The van der Waals surface area contributed by atoms with Crippen molar-refractivity contribution in [3.8, 4) is 5.75 Å². The molecule has 1 fully saturated rings. The second-order valence-corrected chi connectivity index (χ2v) is 6.49. The lowest BCUT2D eigenvalue weighted by Crippen LogP contribution is -2.39. The number of hydrogen-bond acceptors (Lipinski definition) is 3. The number of carbonyl (C=O) groups excluding carboxylic acids is 1. The van der Waals surface area contributed by atoms with E-state index in [4.69, 9.17) is 4.74 Å². The van der Waals surface area contributed by atoms with Crippen LogP contribution in [-0.2, 0) is 4.79 Å². The van der Waals surface area contributed by atoms with Crippen molar-refractivity contribution in [3.05, 3.63) is 35.4 Å². The Balaban J connectivity index is 1.44. The Labute approximate surface area is 138 Å². The first-order valence-electron chi connectivity index (χ1n) is 8.68. The first-order valence-corrected chi connectivity index (χ1v) is 8.68. The zero-order chi connectivity index (χ0) is 16.1. The van der Waals surface area contributed by atoms with Crippen LogP contribution in [0.5, 0.6) is 5.75 Å². The molecule has 0 bridgehead atoms. The zero-order valence-corrected chi connectivity index (χ0v) is 13.9. The van der Waals surface area contributed by atoms with Gasteiger partial charge in [0, 0.05) is 24.7 Å². The average Bonchev–Trinajstić information content (AvgIpc) is 2.59. The number of para-hydroxylation sites is 1. The summed E-state index contributed by atoms with van der Waals surface area (Å²) in [6.07, 6.45) is 6.89. The van der Waals surface area contributed by atoms with E-state index in [1.54, 1.807) is 0 Å². The highest BCUT2D eigenvalue weighted by Gasteiger charge is 2.18. The molecule has 2 heterocycles. The van der Waals surface area contributed by atoms with Crippen LogP contribution in [0.15, 0.2) is 29.8 Å². The van der Waals surface area contributed by atoms with Gasteiger partial charge in [0.15, 0.2) is 0 Å². The molecule has 0 aromatic heterocycles. The number of benzene rings is 1. The van der Waals surface area contributed by atoms with E-state index in [2.05, 4.69) is 17.1 Å². The second-order valence-electron chi connectivity index (χ2n) is 6.49. The molecule has 3 rings (SSSR count). The van der Waals surface area contributed by atoms with Crippen molar-refractivity contribution in [1.29, 1.82) is 0 Å². The minimum absolute atomic E-state index is 0.00815. The van der Waals surface area contributed by atoms with E-state index in [1.165, 1.54) is 25.8 Å². The Kier molecular flexibility index (Phi) is 5.34. The quantitative estimate of drug-likeness (QED) is 0.850. The van der Waals surface area contributed by atoms with Gasteiger partial charge in [-0.15, -0.1) is 0 Å². The number of carbonyl (C=O) groups is 1. The maximum Gasteiger partial charge on any atom is 0.250 e. The molecule has 1 unspecified atom stereocenters. The van der Waals surface area contributed by atoms with Gasteiger partial charge in [-0.05, 0) is 44.9 Å². The lowest BCUT2D eigenvalue weighted by Gasteiger charge is -2.33. The van der Waals surface area contributed by atoms with E-state index in [1.807, 2.05) is 30.3 Å². The molecule has 0 spiro atoms. The van der Waals surface area contributed by atoms with Crippen molar-refractivity contribution in [1.82, 2.24) is 10.2 Å². The third-order valence-corrected chi connectivity index (χ3v) is 4.77. The third kappa shape index (κ3) is 4.14. The molecule has 1 amide bonds. The molecule has 124 valence electrons. The first-order chi connectivity index (χ1) is 11.2. The van der Waals surface area contributed by atoms with E-state index in [9.17, 15) is 4.79 Å². The van der Waals surface area contributed by atoms with Gasteiger partial charge in [-0.1, -0.05) is 24.6 Å². The molecule has 4 heteroatoms. The van der Waals surface area contributed by atoms with Gasteiger partial charge in [-0.25, -0.2) is 0 Å². The highest BCUT2D eigenvalue weighted by molar-refractivity contribution is 5.99. The van der Waals surface area contributed by atoms with Crippen LogP contribution in [0.2, 0.25) is 0 Å². The number of hydrogen-bond donors (Lipinski definition) is 1. The van der Waals surface area contributed by atoms with E-state index in [-0.39, 0.29) is 5.91 Å². The summed E-state index contributed by atoms with van der Waals surface area (Å²) in [5.74, 6) is 0.842. The van der Waals surface area contributed by atoms with Crippen molar-refractivity contribution in [2.24, 2.45) is 0 Å². The average molecular weight is 314 g/mol. The highest BCUT2D eigenvalue weighted by Crippen LogP contribution is 2.25. The van der Waals surface area contributed by atoms with Gasteiger partial charge in [0.2, 0.25) is 0 Å². The zero-order valence-electron chi connectivity index (χ0n) is 13.9. The van der Waals surface area contributed by atoms with Gasteiger partial charge in [0.25, 0.3) is 5.91 Å². The highest BCUT2D eigenvalue weighted by atomic mass is 16.5. The molecule has 1 aromatic carbocycles. The Morgan fingerprint density at radius 3 is 3.09 bits per heavy atom. The molecular weight excluding hydrogens is 288 g/mol. The maximum atomic E-state index is 12.3. The molecule has 1 aromatic rings. The van der Waals surface area contributed by atoms with Gasteiger partial charge in [-0.3, -0.25) is 4.79 Å². The summed E-state index contributed by atoms with van der Waals surface area (Å²) in [5.41, 5.74) is 1.68. The number of ether oxygens (including phenoxy) is 1. The Morgan fingerprint density at radius 1 is 1.35 bits per heavy atom. The summed E-state index contributed by atoms with van der Waals surface area (Å²) >= 11 is 0. The number of amides is 1. The standard InChI is InChI=1S/C19H26N2O2/c1-15-7-4-5-11-21(15)12-6-10-20-19(22)17-13-16-8-2-3-9-18(16)23-14-17/h2-3,8-9,13,15H,4-7,10-12,14H2,1H3,(H,20,22). The molecule has 1 saturated heterocycles. The topological polar surface area (TPSA) is 41.6 Å². The molecule has 1 atom stereocenters. The summed E-state index contributed by atoms with van der Waals surface area (Å²) in [6, 6.07) is 8.49. The lowest BCUT2D eigenvalue weighted by molar-refractivity contribution is -0.117. The van der Waals surface area contributed by atoms with E-state index >= 15 is 0 Å². The fraction of sp³-hybridized carbons (Fsp3) is 0.526. The molecule has 0 aliphatic carbocycles. The van der Waals surface area contributed by atoms with Gasteiger partial charge >= 0.3 is 0 Å². The van der Waals surface area contributed by atoms with Gasteiger partial charge < -0.3 is 15.0 Å². The fourth-order valence-corrected chi connectivity index (χ4v) is 3.33. The smallest absolute Gasteiger partial charge is 0.250 e. The van der Waals surface area contributed by atoms with Crippen LogP contribution < -0.4 is 10.1 Å². The molecule has 1 N–H and O–H groups in total. The Hall–Kier alpha value is -1.81. The summed E-state index contributed by atoms with van der Waals surface area (Å²) < 4.78 is 5.64. The van der Waals surface area contributed by atoms with Gasteiger partial charge in [0.05, 0.1) is 5.57 Å². The first kappa shape index (κ1) is 16.1. The number of nitrogens with zero attached hydrogens (tertiary/aromatic N) is 1. The number of fused-ring (bicyclic) bond motifs is 1. The van der Waals surface area contributed by atoms with Crippen LogP contribution in [0, 0.1) is 0 Å². The molecular formula is C19H26N2O2. The SMILES string of the molecule is CC1CCCCN1CCCNC(=O)C1=Cc2ccccc2OC1. The minimum Gasteiger partial charge on any atom is -0.488 e. The van der Waals surface area contributed by atoms with Crippen LogP contribution in [0.25, 0.3) is 6.08 Å². The van der Waals surface area contributed by atoms with Crippen LogP contribution in [0.4, 0.5) is 0 Å². The van der Waals surface area contributed by atoms with Crippen molar-refractivity contribution in [2.45, 2.75) is 38.6 Å². The summed E-state index contributed by atoms with van der Waals surface area (Å²) in [7, 11) is 0. The minimum atomic E-state index is -0.00815. The summed E-state index contributed by atoms with van der Waals surface area (Å²) in [5, 5.41) is 3.02. The fourth-order valence-electron chi connectivity index (χ4n) is 3.33. The van der Waals surface area contributed by atoms with Crippen molar-refractivity contribution in [2.75, 3.05) is 26.2 Å². The van der Waals surface area contributed by atoms with Crippen molar-refractivity contribution < 1.29 is 9.53 Å². The van der Waals surface area contributed by atoms with Crippen LogP contribution in [-0.4, -0.2) is 43.1 Å². The molecule has 23 heavy (non-hydrogen) atoms. The Morgan fingerprint density at radius 2 is 2.22 bits per heavy atom. The summed E-state index contributed by atoms with van der Waals surface area (Å²) in [6.45, 7) is 5.65. The molecule has 4 nitrogen and oxygen atoms in total. The monoisotopic (exact) mass is 314 g/mol. The predicted octanol–water partition coefficient (Wildman–Crippen LogP) is 2.84. The predicted molar refractivity (Wildman–Crippen MR) is 92.4 cm³/mol. The second kappa shape index (κ2) is 7.64. The summed E-state index contributed by atoms with van der Waals surface area (Å²) in [4.78, 5) is 14.8. The normalized spacial score (nSPS) is 21.1. The van der Waals surface area contributed by atoms with Crippen molar-refractivity contribution in [3.63, 3.8) is 0 Å². The van der Waals surface area contributed by atoms with Crippen LogP contribution >= 0.6 is 0 Å². The lowest BCUT2D eigenvalue weighted by atomic mass is 10.0.